The van der Waals surface area contributed by atoms with Gasteiger partial charge in [-0.25, -0.2) is 0 Å². The van der Waals surface area contributed by atoms with Crippen molar-refractivity contribution in [1.29, 1.82) is 0 Å². The van der Waals surface area contributed by atoms with Gasteiger partial charge in [0, 0.05) is 0 Å². The Morgan fingerprint density at radius 3 is 2.33 bits per heavy atom. The first-order valence-corrected chi connectivity index (χ1v) is 5.21. The highest BCUT2D eigenvalue weighted by atomic mass is 16.5. The average molecular weight is 205 g/mol. The second kappa shape index (κ2) is 5.56. The molecule has 0 atom stereocenters. The lowest BCUT2D eigenvalue weighted by atomic mass is 10.1. The molecule has 0 fully saturated rings. The predicted octanol–water partition coefficient (Wildman–Crippen LogP) is 2.67. The largest absolute Gasteiger partial charge is 0.496 e. The van der Waals surface area contributed by atoms with E-state index in [0.29, 0.717) is 6.54 Å². The zero-order valence-corrected chi connectivity index (χ0v) is 9.71. The van der Waals surface area contributed by atoms with Crippen LogP contribution in [0.3, 0.4) is 0 Å². The van der Waals surface area contributed by atoms with Gasteiger partial charge in [0.2, 0.25) is 0 Å². The highest BCUT2D eigenvalue weighted by Gasteiger charge is 2.02. The molecule has 1 aromatic carbocycles. The Labute approximate surface area is 91.7 Å². The molecule has 2 N–H and O–H groups in total. The van der Waals surface area contributed by atoms with E-state index < -0.39 is 0 Å². The van der Waals surface area contributed by atoms with Gasteiger partial charge in [-0.1, -0.05) is 12.2 Å². The first-order chi connectivity index (χ1) is 7.19. The average Bonchev–Trinajstić information content (AvgIpc) is 2.18. The molecule has 0 spiro atoms. The Bertz CT molecular complexity index is 333. The summed E-state index contributed by atoms with van der Waals surface area (Å²) in [5, 5.41) is 0. The molecule has 0 aromatic heterocycles. The number of benzene rings is 1. The van der Waals surface area contributed by atoms with Crippen LogP contribution in [-0.2, 0) is 0 Å². The fraction of sp³-hybridized carbons (Fsp3) is 0.385. The second-order valence-electron chi connectivity index (χ2n) is 3.67. The van der Waals surface area contributed by atoms with E-state index in [-0.39, 0.29) is 0 Å². The van der Waals surface area contributed by atoms with Crippen LogP contribution in [-0.4, -0.2) is 13.7 Å². The minimum absolute atomic E-state index is 0.699. The number of hydrogen-bond donors (Lipinski definition) is 1. The standard InChI is InChI=1S/C13H19NO/c1-10-8-12(6-4-5-7-14)9-11(2)13(10)15-3/h4,6,8-9H,5,7,14H2,1-3H3. The topological polar surface area (TPSA) is 35.2 Å². The van der Waals surface area contributed by atoms with Crippen LogP contribution in [0.25, 0.3) is 6.08 Å². The van der Waals surface area contributed by atoms with Crippen LogP contribution in [0.1, 0.15) is 23.1 Å². The van der Waals surface area contributed by atoms with Crippen LogP contribution in [0.15, 0.2) is 18.2 Å². The van der Waals surface area contributed by atoms with Gasteiger partial charge in [-0.2, -0.15) is 0 Å². The Kier molecular flexibility index (Phi) is 4.37. The molecule has 0 amide bonds. The smallest absolute Gasteiger partial charge is 0.124 e. The second-order valence-corrected chi connectivity index (χ2v) is 3.67. The lowest BCUT2D eigenvalue weighted by molar-refractivity contribution is 0.408. The van der Waals surface area contributed by atoms with E-state index in [4.69, 9.17) is 10.5 Å². The van der Waals surface area contributed by atoms with Crippen molar-refractivity contribution in [2.75, 3.05) is 13.7 Å². The van der Waals surface area contributed by atoms with Gasteiger partial charge < -0.3 is 10.5 Å². The summed E-state index contributed by atoms with van der Waals surface area (Å²) in [6.45, 7) is 4.82. The molecular formula is C13H19NO. The Hall–Kier alpha value is -1.28. The van der Waals surface area contributed by atoms with Crippen LogP contribution < -0.4 is 10.5 Å². The molecule has 82 valence electrons. The summed E-state index contributed by atoms with van der Waals surface area (Å²) in [6.07, 6.45) is 5.12. The Balaban J connectivity index is 2.93. The van der Waals surface area contributed by atoms with E-state index in [2.05, 4.69) is 38.1 Å². The molecule has 2 nitrogen and oxygen atoms in total. The Morgan fingerprint density at radius 1 is 1.27 bits per heavy atom. The summed E-state index contributed by atoms with van der Waals surface area (Å²) >= 11 is 0. The maximum Gasteiger partial charge on any atom is 0.124 e. The van der Waals surface area contributed by atoms with Crippen LogP contribution in [0.4, 0.5) is 0 Å². The van der Waals surface area contributed by atoms with Gasteiger partial charge in [0.25, 0.3) is 0 Å². The molecule has 0 radical (unpaired) electrons. The highest BCUT2D eigenvalue weighted by Crippen LogP contribution is 2.24. The molecule has 0 unspecified atom stereocenters. The van der Waals surface area contributed by atoms with Gasteiger partial charge in [0.15, 0.2) is 0 Å². The van der Waals surface area contributed by atoms with Gasteiger partial charge in [-0.15, -0.1) is 0 Å². The van der Waals surface area contributed by atoms with E-state index in [1.165, 1.54) is 16.7 Å². The van der Waals surface area contributed by atoms with Crippen LogP contribution in [0, 0.1) is 13.8 Å². The quantitative estimate of drug-likeness (QED) is 0.820. The van der Waals surface area contributed by atoms with E-state index in [9.17, 15) is 0 Å². The van der Waals surface area contributed by atoms with Crippen molar-refractivity contribution in [3.05, 3.63) is 34.9 Å². The molecule has 15 heavy (non-hydrogen) atoms. The molecule has 0 aliphatic carbocycles. The number of rotatable bonds is 4. The number of hydrogen-bond acceptors (Lipinski definition) is 2. The summed E-state index contributed by atoms with van der Waals surface area (Å²) in [5.41, 5.74) is 8.98. The van der Waals surface area contributed by atoms with Crippen LogP contribution in [0.5, 0.6) is 5.75 Å². The van der Waals surface area contributed by atoms with E-state index in [1.54, 1.807) is 7.11 Å². The fourth-order valence-electron chi connectivity index (χ4n) is 1.72. The molecule has 1 aromatic rings. The van der Waals surface area contributed by atoms with Gasteiger partial charge >= 0.3 is 0 Å². The molecule has 0 saturated heterocycles. The van der Waals surface area contributed by atoms with Crippen molar-refractivity contribution in [1.82, 2.24) is 0 Å². The summed E-state index contributed by atoms with van der Waals surface area (Å²) in [6, 6.07) is 4.25. The monoisotopic (exact) mass is 205 g/mol. The maximum absolute atomic E-state index is 5.43. The van der Waals surface area contributed by atoms with Crippen molar-refractivity contribution in [2.45, 2.75) is 20.3 Å². The zero-order chi connectivity index (χ0) is 11.3. The third kappa shape index (κ3) is 3.10. The maximum atomic E-state index is 5.43. The Morgan fingerprint density at radius 2 is 1.87 bits per heavy atom. The van der Waals surface area contributed by atoms with Gasteiger partial charge in [0.1, 0.15) is 5.75 Å². The molecule has 1 rings (SSSR count). The SMILES string of the molecule is COc1c(C)cc(C=CCCN)cc1C. The molecule has 0 aliphatic heterocycles. The third-order valence-corrected chi connectivity index (χ3v) is 2.33. The van der Waals surface area contributed by atoms with Gasteiger partial charge in [0.05, 0.1) is 7.11 Å². The number of methoxy groups -OCH3 is 1. The summed E-state index contributed by atoms with van der Waals surface area (Å²) in [4.78, 5) is 0. The molecule has 0 bridgehead atoms. The number of aryl methyl sites for hydroxylation is 2. The number of nitrogens with two attached hydrogens (primary N) is 1. The number of ether oxygens (including phenoxy) is 1. The highest BCUT2D eigenvalue weighted by molar-refractivity contribution is 5.56. The van der Waals surface area contributed by atoms with E-state index in [1.807, 2.05) is 0 Å². The lowest BCUT2D eigenvalue weighted by Gasteiger charge is -2.09. The lowest BCUT2D eigenvalue weighted by Crippen LogP contribution is -1.95. The fourth-order valence-corrected chi connectivity index (χ4v) is 1.72. The summed E-state index contributed by atoms with van der Waals surface area (Å²) in [5.74, 6) is 0.978. The van der Waals surface area contributed by atoms with Crippen LogP contribution >= 0.6 is 0 Å². The molecular weight excluding hydrogens is 186 g/mol. The first kappa shape index (κ1) is 11.8. The van der Waals surface area contributed by atoms with Crippen molar-refractivity contribution < 1.29 is 4.74 Å². The summed E-state index contributed by atoms with van der Waals surface area (Å²) < 4.78 is 5.31. The normalized spacial score (nSPS) is 10.9. The van der Waals surface area contributed by atoms with Crippen molar-refractivity contribution >= 4 is 6.08 Å². The molecule has 0 heterocycles. The van der Waals surface area contributed by atoms with Crippen molar-refractivity contribution in [2.24, 2.45) is 5.73 Å². The first-order valence-electron chi connectivity index (χ1n) is 5.21. The molecule has 0 saturated carbocycles. The third-order valence-electron chi connectivity index (χ3n) is 2.33. The summed E-state index contributed by atoms with van der Waals surface area (Å²) in [7, 11) is 1.71. The van der Waals surface area contributed by atoms with Crippen molar-refractivity contribution in [3.8, 4) is 5.75 Å². The van der Waals surface area contributed by atoms with Crippen LogP contribution in [0.2, 0.25) is 0 Å². The van der Waals surface area contributed by atoms with Crippen molar-refractivity contribution in [3.63, 3.8) is 0 Å². The minimum atomic E-state index is 0.699. The minimum Gasteiger partial charge on any atom is -0.496 e. The van der Waals surface area contributed by atoms with Gasteiger partial charge in [-0.3, -0.25) is 0 Å². The van der Waals surface area contributed by atoms with E-state index >= 15 is 0 Å². The predicted molar refractivity (Wildman–Crippen MR) is 65.2 cm³/mol. The van der Waals surface area contributed by atoms with Gasteiger partial charge in [-0.05, 0) is 55.6 Å². The molecule has 0 aliphatic rings. The zero-order valence-electron chi connectivity index (χ0n) is 9.71. The van der Waals surface area contributed by atoms with E-state index in [0.717, 1.165) is 12.2 Å². The molecule has 2 heteroatoms.